The van der Waals surface area contributed by atoms with Gasteiger partial charge in [-0.25, -0.2) is 17.7 Å². The first kappa shape index (κ1) is 16.4. The predicted molar refractivity (Wildman–Crippen MR) is 75.2 cm³/mol. The molecule has 0 aliphatic carbocycles. The maximum absolute atomic E-state index is 11.9. The molecular formula is C12H19N3O4S. The Labute approximate surface area is 118 Å². The first-order chi connectivity index (χ1) is 9.16. The van der Waals surface area contributed by atoms with Gasteiger partial charge in [0.05, 0.1) is 5.92 Å². The lowest BCUT2D eigenvalue weighted by Gasteiger charge is -2.20. The van der Waals surface area contributed by atoms with Crippen LogP contribution in [-0.4, -0.2) is 56.5 Å². The van der Waals surface area contributed by atoms with Crippen molar-refractivity contribution in [1.82, 2.24) is 9.29 Å². The zero-order valence-corrected chi connectivity index (χ0v) is 12.8. The third kappa shape index (κ3) is 3.67. The third-order valence-electron chi connectivity index (χ3n) is 2.86. The summed E-state index contributed by atoms with van der Waals surface area (Å²) in [6.07, 6.45) is 1.27. The minimum Gasteiger partial charge on any atom is -0.481 e. The smallest absolute Gasteiger partial charge is 0.308 e. The number of aromatic nitrogens is 1. The molecule has 0 aliphatic heterocycles. The summed E-state index contributed by atoms with van der Waals surface area (Å²) < 4.78 is 24.9. The second-order valence-electron chi connectivity index (χ2n) is 4.76. The molecule has 1 N–H and O–H groups in total. The Morgan fingerprint density at radius 1 is 1.35 bits per heavy atom. The zero-order chi connectivity index (χ0) is 15.5. The number of sulfonamides is 1. The van der Waals surface area contributed by atoms with Crippen LogP contribution in [0.4, 0.5) is 5.82 Å². The largest absolute Gasteiger partial charge is 0.481 e. The fourth-order valence-electron chi connectivity index (χ4n) is 1.54. The van der Waals surface area contributed by atoms with Gasteiger partial charge in [-0.3, -0.25) is 4.79 Å². The van der Waals surface area contributed by atoms with E-state index < -0.39 is 21.9 Å². The molecule has 0 aliphatic rings. The van der Waals surface area contributed by atoms with Crippen molar-refractivity contribution in [3.8, 4) is 0 Å². The summed E-state index contributed by atoms with van der Waals surface area (Å²) in [6.45, 7) is 1.89. The van der Waals surface area contributed by atoms with Crippen molar-refractivity contribution in [3.05, 3.63) is 18.3 Å². The van der Waals surface area contributed by atoms with Crippen LogP contribution < -0.4 is 4.90 Å². The Bertz CT molecular complexity index is 569. The van der Waals surface area contributed by atoms with Gasteiger partial charge in [-0.2, -0.15) is 0 Å². The lowest BCUT2D eigenvalue weighted by molar-refractivity contribution is -0.140. The van der Waals surface area contributed by atoms with E-state index in [1.54, 1.807) is 24.9 Å². The summed E-state index contributed by atoms with van der Waals surface area (Å²) in [5, 5.41) is 8.86. The number of anilines is 1. The van der Waals surface area contributed by atoms with Crippen LogP contribution in [0, 0.1) is 5.92 Å². The number of hydrogen-bond donors (Lipinski definition) is 1. The molecule has 8 heteroatoms. The lowest BCUT2D eigenvalue weighted by Crippen LogP contribution is -2.29. The number of carboxylic acid groups (broad SMARTS) is 1. The molecule has 0 saturated carbocycles. The Hall–Kier alpha value is -1.67. The lowest BCUT2D eigenvalue weighted by atomic mass is 10.2. The van der Waals surface area contributed by atoms with E-state index >= 15 is 0 Å². The monoisotopic (exact) mass is 301 g/mol. The maximum Gasteiger partial charge on any atom is 0.308 e. The van der Waals surface area contributed by atoms with Gasteiger partial charge in [-0.05, 0) is 12.1 Å². The molecule has 7 nitrogen and oxygen atoms in total. The van der Waals surface area contributed by atoms with E-state index in [4.69, 9.17) is 5.11 Å². The van der Waals surface area contributed by atoms with Crippen molar-refractivity contribution in [1.29, 1.82) is 0 Å². The average molecular weight is 301 g/mol. The molecule has 0 fully saturated rings. The van der Waals surface area contributed by atoms with E-state index in [9.17, 15) is 13.2 Å². The predicted octanol–water partition coefficient (Wildman–Crippen LogP) is 0.489. The normalized spacial score (nSPS) is 13.2. The fourth-order valence-corrected chi connectivity index (χ4v) is 2.39. The molecule has 0 radical (unpaired) electrons. The van der Waals surface area contributed by atoms with Gasteiger partial charge in [0.2, 0.25) is 10.0 Å². The van der Waals surface area contributed by atoms with Crippen LogP contribution >= 0.6 is 0 Å². The van der Waals surface area contributed by atoms with E-state index in [2.05, 4.69) is 4.98 Å². The highest BCUT2D eigenvalue weighted by atomic mass is 32.2. The highest BCUT2D eigenvalue weighted by Gasteiger charge is 2.19. The fraction of sp³-hybridized carbons (Fsp3) is 0.500. The highest BCUT2D eigenvalue weighted by Crippen LogP contribution is 2.16. The van der Waals surface area contributed by atoms with Crippen LogP contribution in [0.1, 0.15) is 6.92 Å². The van der Waals surface area contributed by atoms with Gasteiger partial charge >= 0.3 is 5.97 Å². The molecule has 1 heterocycles. The van der Waals surface area contributed by atoms with Crippen LogP contribution in [0.15, 0.2) is 23.2 Å². The second-order valence-corrected chi connectivity index (χ2v) is 6.91. The molecule has 0 bridgehead atoms. The third-order valence-corrected chi connectivity index (χ3v) is 4.66. The van der Waals surface area contributed by atoms with E-state index in [0.717, 1.165) is 4.31 Å². The molecule has 1 atom stereocenters. The van der Waals surface area contributed by atoms with Crippen molar-refractivity contribution in [2.24, 2.45) is 5.92 Å². The van der Waals surface area contributed by atoms with Gasteiger partial charge in [0, 0.05) is 33.9 Å². The number of carboxylic acids is 1. The first-order valence-corrected chi connectivity index (χ1v) is 7.42. The molecule has 1 aromatic rings. The highest BCUT2D eigenvalue weighted by molar-refractivity contribution is 7.89. The quantitative estimate of drug-likeness (QED) is 0.822. The second kappa shape index (κ2) is 6.19. The summed E-state index contributed by atoms with van der Waals surface area (Å²) in [5.41, 5.74) is 0. The molecule has 0 saturated heterocycles. The summed E-state index contributed by atoms with van der Waals surface area (Å²) >= 11 is 0. The SMILES string of the molecule is CC(CN(C)c1ccc(S(=O)(=O)N(C)C)cn1)C(=O)O. The van der Waals surface area contributed by atoms with Crippen molar-refractivity contribution in [3.63, 3.8) is 0 Å². The van der Waals surface area contributed by atoms with Gasteiger partial charge in [0.15, 0.2) is 0 Å². The Morgan fingerprint density at radius 3 is 2.35 bits per heavy atom. The molecule has 1 rings (SSSR count). The van der Waals surface area contributed by atoms with E-state index in [1.807, 2.05) is 0 Å². The maximum atomic E-state index is 11.9. The van der Waals surface area contributed by atoms with E-state index in [-0.39, 0.29) is 4.90 Å². The first-order valence-electron chi connectivity index (χ1n) is 5.98. The Balaban J connectivity index is 2.89. The van der Waals surface area contributed by atoms with Gasteiger partial charge in [0.25, 0.3) is 0 Å². The molecule has 1 aromatic heterocycles. The number of carbonyl (C=O) groups is 1. The van der Waals surface area contributed by atoms with Crippen LogP contribution in [-0.2, 0) is 14.8 Å². The molecule has 20 heavy (non-hydrogen) atoms. The van der Waals surface area contributed by atoms with Crippen molar-refractivity contribution >= 4 is 21.8 Å². The number of nitrogens with zero attached hydrogens (tertiary/aromatic N) is 3. The van der Waals surface area contributed by atoms with Crippen LogP contribution in [0.5, 0.6) is 0 Å². The molecule has 0 aromatic carbocycles. The molecule has 1 unspecified atom stereocenters. The molecular weight excluding hydrogens is 282 g/mol. The Morgan fingerprint density at radius 2 is 1.95 bits per heavy atom. The number of hydrogen-bond acceptors (Lipinski definition) is 5. The summed E-state index contributed by atoms with van der Waals surface area (Å²) in [6, 6.07) is 3.02. The molecule has 0 amide bonds. The zero-order valence-electron chi connectivity index (χ0n) is 11.9. The van der Waals surface area contributed by atoms with Crippen LogP contribution in [0.25, 0.3) is 0 Å². The summed E-state index contributed by atoms with van der Waals surface area (Å²) in [7, 11) is 1.11. The van der Waals surface area contributed by atoms with Gasteiger partial charge < -0.3 is 10.0 Å². The van der Waals surface area contributed by atoms with Crippen LogP contribution in [0.3, 0.4) is 0 Å². The Kier molecular flexibility index (Phi) is 5.07. The number of aliphatic carboxylic acids is 1. The van der Waals surface area contributed by atoms with Crippen molar-refractivity contribution < 1.29 is 18.3 Å². The van der Waals surface area contributed by atoms with Crippen molar-refractivity contribution in [2.75, 3.05) is 32.6 Å². The average Bonchev–Trinajstić information content (AvgIpc) is 2.38. The minimum absolute atomic E-state index is 0.103. The summed E-state index contributed by atoms with van der Waals surface area (Å²) in [4.78, 5) is 16.6. The topological polar surface area (TPSA) is 90.8 Å². The van der Waals surface area contributed by atoms with E-state index in [1.165, 1.54) is 26.4 Å². The minimum atomic E-state index is -3.50. The van der Waals surface area contributed by atoms with E-state index in [0.29, 0.717) is 12.4 Å². The standard InChI is InChI=1S/C12H19N3O4S/c1-9(12(16)17)8-15(4)11-6-5-10(7-13-11)20(18,19)14(2)3/h5-7,9H,8H2,1-4H3,(H,16,17). The molecule has 112 valence electrons. The van der Waals surface area contributed by atoms with Crippen molar-refractivity contribution in [2.45, 2.75) is 11.8 Å². The van der Waals surface area contributed by atoms with Gasteiger partial charge in [-0.1, -0.05) is 6.92 Å². The molecule has 0 spiro atoms. The van der Waals surface area contributed by atoms with Gasteiger partial charge in [0.1, 0.15) is 10.7 Å². The number of rotatable bonds is 6. The van der Waals surface area contributed by atoms with Gasteiger partial charge in [-0.15, -0.1) is 0 Å². The number of pyridine rings is 1. The summed E-state index contributed by atoms with van der Waals surface area (Å²) in [5.74, 6) is -0.897. The van der Waals surface area contributed by atoms with Crippen LogP contribution in [0.2, 0.25) is 0 Å².